The molecule has 5 heterocycles. The zero-order valence-corrected chi connectivity index (χ0v) is 31.9. The summed E-state index contributed by atoms with van der Waals surface area (Å²) < 4.78 is 26.3. The number of fused-ring (bicyclic) bond motifs is 2. The number of rotatable bonds is 10. The summed E-state index contributed by atoms with van der Waals surface area (Å²) in [6.07, 6.45) is 9.82. The third kappa shape index (κ3) is 7.11. The van der Waals surface area contributed by atoms with Crippen LogP contribution in [0.15, 0.2) is 27.6 Å². The predicted octanol–water partition coefficient (Wildman–Crippen LogP) is 7.47. The Hall–Kier alpha value is -3.26. The van der Waals surface area contributed by atoms with Crippen molar-refractivity contribution in [3.8, 4) is 28.7 Å². The first-order valence-electron chi connectivity index (χ1n) is 18.2. The molecule has 270 valence electrons. The van der Waals surface area contributed by atoms with E-state index >= 15 is 0 Å². The van der Waals surface area contributed by atoms with Gasteiger partial charge in [-0.1, -0.05) is 57.3 Å². The standard InChI is InChI=1S/C36H50ClN7O5Si/c1-22-10-12-23(13-11-22)21-44-31-26(40-34(44)43-14-15-46-29-9-7-8-28(29)43)19-27(32-41-35(45)49-42-32)39-30(31)25-18-24(37)20-38-33(25)47-16-17-48-50(5,6)36(2,3)4/h18-20,22-23,28-29H,7-17,21H2,1-6H3,(H,41,42,45)/t22-,23-,28-,29-/m1/s1. The van der Waals surface area contributed by atoms with Gasteiger partial charge in [0.25, 0.3) is 0 Å². The van der Waals surface area contributed by atoms with E-state index in [1.54, 1.807) is 6.20 Å². The fourth-order valence-corrected chi connectivity index (χ4v) is 8.68. The molecule has 2 saturated carbocycles. The molecule has 2 atom stereocenters. The van der Waals surface area contributed by atoms with Crippen LogP contribution in [0.3, 0.4) is 0 Å². The number of anilines is 1. The lowest BCUT2D eigenvalue weighted by Gasteiger charge is -2.39. The maximum Gasteiger partial charge on any atom is 0.439 e. The third-order valence-electron chi connectivity index (χ3n) is 11.4. The van der Waals surface area contributed by atoms with Crippen LogP contribution in [0.5, 0.6) is 5.88 Å². The summed E-state index contributed by atoms with van der Waals surface area (Å²) in [4.78, 5) is 32.4. The number of ether oxygens (including phenoxy) is 2. The van der Waals surface area contributed by atoms with Crippen molar-refractivity contribution in [3.05, 3.63) is 33.9 Å². The van der Waals surface area contributed by atoms with Crippen molar-refractivity contribution in [2.45, 2.75) is 109 Å². The third-order valence-corrected chi connectivity index (χ3v) is 16.1. The van der Waals surface area contributed by atoms with Crippen molar-refractivity contribution in [3.63, 3.8) is 0 Å². The van der Waals surface area contributed by atoms with E-state index in [9.17, 15) is 4.79 Å². The second kappa shape index (κ2) is 14.0. The Kier molecular flexibility index (Phi) is 9.87. The summed E-state index contributed by atoms with van der Waals surface area (Å²) in [6.45, 7) is 16.5. The number of morpholine rings is 1. The molecule has 0 amide bonds. The Morgan fingerprint density at radius 2 is 1.88 bits per heavy atom. The van der Waals surface area contributed by atoms with E-state index in [2.05, 4.69) is 65.4 Å². The van der Waals surface area contributed by atoms with Gasteiger partial charge in [-0.05, 0) is 74.2 Å². The first kappa shape index (κ1) is 35.2. The SMILES string of the molecule is CC(C)(C)[Si](C)(C)OCCOc1ncc(Cl)cc1-c1nc(-c2noc(=O)[nH]2)cc2nc(N3CCO[C@@H]4CCC[C@H]43)n(C[C@H]3CC[C@H](C)CC3)c12. The number of pyridine rings is 2. The number of nitrogens with one attached hydrogen (secondary N) is 1. The van der Waals surface area contributed by atoms with E-state index in [0.29, 0.717) is 53.6 Å². The summed E-state index contributed by atoms with van der Waals surface area (Å²) >= 11 is 6.66. The van der Waals surface area contributed by atoms with Crippen molar-refractivity contribution >= 4 is 36.9 Å². The minimum Gasteiger partial charge on any atom is -0.475 e. The Morgan fingerprint density at radius 1 is 1.08 bits per heavy atom. The van der Waals surface area contributed by atoms with Crippen LogP contribution in [-0.4, -0.2) is 76.5 Å². The monoisotopic (exact) mass is 723 g/mol. The average Bonchev–Trinajstić information content (AvgIpc) is 3.82. The van der Waals surface area contributed by atoms with Crippen LogP contribution in [0.1, 0.15) is 72.6 Å². The van der Waals surface area contributed by atoms with Gasteiger partial charge in [0.15, 0.2) is 8.32 Å². The average molecular weight is 724 g/mol. The molecule has 3 fully saturated rings. The van der Waals surface area contributed by atoms with Gasteiger partial charge in [0, 0.05) is 19.3 Å². The number of halogens is 1. The Labute approximate surface area is 299 Å². The molecular weight excluding hydrogens is 674 g/mol. The largest absolute Gasteiger partial charge is 0.475 e. The topological polar surface area (TPSA) is 133 Å². The molecule has 1 aliphatic heterocycles. The molecule has 14 heteroatoms. The molecule has 4 aromatic heterocycles. The van der Waals surface area contributed by atoms with Crippen LogP contribution < -0.4 is 15.4 Å². The van der Waals surface area contributed by atoms with Gasteiger partial charge in [-0.15, -0.1) is 0 Å². The minimum absolute atomic E-state index is 0.0836. The number of aromatic amines is 1. The molecule has 7 rings (SSSR count). The molecule has 0 radical (unpaired) electrons. The van der Waals surface area contributed by atoms with Gasteiger partial charge >= 0.3 is 5.76 Å². The van der Waals surface area contributed by atoms with Crippen LogP contribution in [-0.2, 0) is 15.7 Å². The Bertz CT molecular complexity index is 1880. The van der Waals surface area contributed by atoms with E-state index in [1.165, 1.54) is 12.8 Å². The maximum absolute atomic E-state index is 12.1. The van der Waals surface area contributed by atoms with E-state index in [0.717, 1.165) is 68.1 Å². The summed E-state index contributed by atoms with van der Waals surface area (Å²) in [6, 6.07) is 3.99. The maximum atomic E-state index is 12.1. The number of imidazole rings is 1. The summed E-state index contributed by atoms with van der Waals surface area (Å²) in [7, 11) is -1.97. The molecule has 2 aliphatic carbocycles. The predicted molar refractivity (Wildman–Crippen MR) is 196 cm³/mol. The zero-order valence-electron chi connectivity index (χ0n) is 30.1. The van der Waals surface area contributed by atoms with E-state index in [-0.39, 0.29) is 23.0 Å². The number of nitrogens with zero attached hydrogens (tertiary/aromatic N) is 6. The van der Waals surface area contributed by atoms with Gasteiger partial charge in [-0.2, -0.15) is 0 Å². The fraction of sp³-hybridized carbons (Fsp3) is 0.639. The minimum atomic E-state index is -1.97. The smallest absolute Gasteiger partial charge is 0.439 e. The normalized spacial score (nSPS) is 23.1. The number of hydrogen-bond acceptors (Lipinski definition) is 10. The van der Waals surface area contributed by atoms with Gasteiger partial charge in [-0.3, -0.25) is 9.51 Å². The molecule has 50 heavy (non-hydrogen) atoms. The molecule has 3 aliphatic rings. The van der Waals surface area contributed by atoms with Crippen LogP contribution in [0.25, 0.3) is 33.8 Å². The summed E-state index contributed by atoms with van der Waals surface area (Å²) in [5.41, 5.74) is 3.28. The van der Waals surface area contributed by atoms with Crippen LogP contribution >= 0.6 is 11.6 Å². The Morgan fingerprint density at radius 3 is 2.62 bits per heavy atom. The van der Waals surface area contributed by atoms with Crippen molar-refractivity contribution in [1.29, 1.82) is 0 Å². The van der Waals surface area contributed by atoms with Crippen molar-refractivity contribution < 1.29 is 18.4 Å². The van der Waals surface area contributed by atoms with E-state index in [1.807, 2.05) is 12.1 Å². The molecule has 1 saturated heterocycles. The van der Waals surface area contributed by atoms with Crippen molar-refractivity contribution in [2.24, 2.45) is 11.8 Å². The van der Waals surface area contributed by atoms with Gasteiger partial charge in [0.05, 0.1) is 47.0 Å². The fourth-order valence-electron chi connectivity index (χ4n) is 7.49. The number of aromatic nitrogens is 6. The second-order valence-electron chi connectivity index (χ2n) is 15.9. The first-order valence-corrected chi connectivity index (χ1v) is 21.4. The lowest BCUT2D eigenvalue weighted by Crippen LogP contribution is -2.49. The van der Waals surface area contributed by atoms with Gasteiger partial charge in [0.2, 0.25) is 17.7 Å². The zero-order chi connectivity index (χ0) is 35.2. The lowest BCUT2D eigenvalue weighted by atomic mass is 9.83. The molecule has 12 nitrogen and oxygen atoms in total. The second-order valence-corrected chi connectivity index (χ2v) is 21.1. The summed E-state index contributed by atoms with van der Waals surface area (Å²) in [5.74, 6) is 2.13. The Balaban J connectivity index is 1.36. The van der Waals surface area contributed by atoms with Gasteiger partial charge < -0.3 is 23.4 Å². The molecule has 4 aromatic rings. The van der Waals surface area contributed by atoms with Gasteiger partial charge in [0.1, 0.15) is 18.0 Å². The summed E-state index contributed by atoms with van der Waals surface area (Å²) in [5, 5.41) is 4.52. The highest BCUT2D eigenvalue weighted by molar-refractivity contribution is 6.74. The van der Waals surface area contributed by atoms with Gasteiger partial charge in [-0.25, -0.2) is 19.7 Å². The van der Waals surface area contributed by atoms with Crippen molar-refractivity contribution in [1.82, 2.24) is 29.7 Å². The highest BCUT2D eigenvalue weighted by Crippen LogP contribution is 2.42. The molecule has 1 N–H and O–H groups in total. The van der Waals surface area contributed by atoms with Crippen LogP contribution in [0.2, 0.25) is 23.2 Å². The lowest BCUT2D eigenvalue weighted by molar-refractivity contribution is 0.0247. The quantitative estimate of drug-likeness (QED) is 0.130. The van der Waals surface area contributed by atoms with Crippen molar-refractivity contribution in [2.75, 3.05) is 31.3 Å². The molecular formula is C36H50ClN7O5Si. The molecule has 0 unspecified atom stereocenters. The number of hydrogen-bond donors (Lipinski definition) is 1. The molecule has 0 bridgehead atoms. The van der Waals surface area contributed by atoms with Crippen LogP contribution in [0.4, 0.5) is 5.95 Å². The number of H-pyrrole nitrogens is 1. The molecule has 0 aromatic carbocycles. The van der Waals surface area contributed by atoms with E-state index < -0.39 is 14.1 Å². The first-order chi connectivity index (χ1) is 23.9. The van der Waals surface area contributed by atoms with Crippen LogP contribution in [0, 0.1) is 11.8 Å². The highest BCUT2D eigenvalue weighted by atomic mass is 35.5. The highest BCUT2D eigenvalue weighted by Gasteiger charge is 2.40. The van der Waals surface area contributed by atoms with E-state index in [4.69, 9.17) is 40.0 Å². The molecule has 0 spiro atoms.